The highest BCUT2D eigenvalue weighted by atomic mass is 16.5. The van der Waals surface area contributed by atoms with Crippen LogP contribution in [-0.2, 0) is 17.8 Å². The largest absolute Gasteiger partial charge is 0.381 e. The van der Waals surface area contributed by atoms with Crippen LogP contribution in [0.3, 0.4) is 0 Å². The van der Waals surface area contributed by atoms with Gasteiger partial charge in [0.25, 0.3) is 0 Å². The number of urea groups is 1. The zero-order chi connectivity index (χ0) is 22.6. The van der Waals surface area contributed by atoms with Crippen LogP contribution < -0.4 is 5.73 Å². The van der Waals surface area contributed by atoms with Crippen molar-refractivity contribution in [2.45, 2.75) is 56.9 Å². The molecular formula is C27H36N4O2. The number of benzene rings is 2. The normalized spacial score (nSPS) is 23.4. The zero-order valence-corrected chi connectivity index (χ0v) is 19.4. The standard InChI is InChI=1S/C27H36N4O2/c28-18-21-6-8-22(9-7-21)19-29-14-10-25(11-15-29)31-26(23-4-2-1-3-5-23)20-30(27(31)32)24-12-16-33-17-13-24/h1-9,24-26H,10-20,28H2. The van der Waals surface area contributed by atoms with Gasteiger partial charge in [0.1, 0.15) is 0 Å². The first-order valence-corrected chi connectivity index (χ1v) is 12.4. The molecule has 2 aromatic carbocycles. The van der Waals surface area contributed by atoms with Gasteiger partial charge in [-0.25, -0.2) is 4.79 Å². The summed E-state index contributed by atoms with van der Waals surface area (Å²) < 4.78 is 5.56. The lowest BCUT2D eigenvalue weighted by molar-refractivity contribution is 0.0493. The van der Waals surface area contributed by atoms with Crippen LogP contribution in [0, 0.1) is 0 Å². The number of hydrogen-bond acceptors (Lipinski definition) is 4. The quantitative estimate of drug-likeness (QED) is 0.731. The van der Waals surface area contributed by atoms with Crippen molar-refractivity contribution in [3.05, 3.63) is 71.3 Å². The number of likely N-dealkylation sites (tertiary alicyclic amines) is 1. The van der Waals surface area contributed by atoms with E-state index in [-0.39, 0.29) is 12.1 Å². The molecule has 0 spiro atoms. The van der Waals surface area contributed by atoms with Crippen molar-refractivity contribution in [1.82, 2.24) is 14.7 Å². The Morgan fingerprint density at radius 3 is 2.18 bits per heavy atom. The van der Waals surface area contributed by atoms with Gasteiger partial charge in [0.2, 0.25) is 0 Å². The molecule has 3 saturated heterocycles. The van der Waals surface area contributed by atoms with Crippen molar-refractivity contribution in [2.24, 2.45) is 5.73 Å². The van der Waals surface area contributed by atoms with Crippen LogP contribution in [0.15, 0.2) is 54.6 Å². The van der Waals surface area contributed by atoms with E-state index in [9.17, 15) is 4.79 Å². The van der Waals surface area contributed by atoms with Gasteiger partial charge in [0.15, 0.2) is 0 Å². The van der Waals surface area contributed by atoms with Crippen molar-refractivity contribution in [3.8, 4) is 0 Å². The number of rotatable bonds is 6. The van der Waals surface area contributed by atoms with Gasteiger partial charge in [0, 0.05) is 58.0 Å². The molecule has 1 atom stereocenters. The summed E-state index contributed by atoms with van der Waals surface area (Å²) in [5, 5.41) is 0. The fourth-order valence-corrected chi connectivity index (χ4v) is 5.68. The molecule has 3 aliphatic heterocycles. The minimum Gasteiger partial charge on any atom is -0.381 e. The third-order valence-electron chi connectivity index (χ3n) is 7.60. The summed E-state index contributed by atoms with van der Waals surface area (Å²) in [5.74, 6) is 0. The van der Waals surface area contributed by atoms with Gasteiger partial charge in [-0.2, -0.15) is 0 Å². The molecule has 5 rings (SSSR count). The molecular weight excluding hydrogens is 412 g/mol. The van der Waals surface area contributed by atoms with Gasteiger partial charge in [-0.1, -0.05) is 54.6 Å². The van der Waals surface area contributed by atoms with Gasteiger partial charge in [-0.05, 0) is 42.4 Å². The third-order valence-corrected chi connectivity index (χ3v) is 7.60. The number of carbonyl (C=O) groups is 1. The van der Waals surface area contributed by atoms with Gasteiger partial charge < -0.3 is 20.3 Å². The molecule has 2 N–H and O–H groups in total. The lowest BCUT2D eigenvalue weighted by Crippen LogP contribution is -2.48. The highest BCUT2D eigenvalue weighted by Gasteiger charge is 2.45. The second-order valence-electron chi connectivity index (χ2n) is 9.64. The lowest BCUT2D eigenvalue weighted by Gasteiger charge is -2.39. The first-order chi connectivity index (χ1) is 16.2. The highest BCUT2D eigenvalue weighted by Crippen LogP contribution is 2.37. The Morgan fingerprint density at radius 1 is 0.848 bits per heavy atom. The van der Waals surface area contributed by atoms with Crippen LogP contribution in [0.5, 0.6) is 0 Å². The van der Waals surface area contributed by atoms with Crippen molar-refractivity contribution >= 4 is 6.03 Å². The minimum atomic E-state index is 0.141. The SMILES string of the molecule is NCc1ccc(CN2CCC(N3C(=O)N(C4CCOCC4)CC3c3ccccc3)CC2)cc1. The predicted molar refractivity (Wildman–Crippen MR) is 130 cm³/mol. The Balaban J connectivity index is 1.27. The van der Waals surface area contributed by atoms with Gasteiger partial charge in [-0.3, -0.25) is 4.90 Å². The van der Waals surface area contributed by atoms with Gasteiger partial charge in [0.05, 0.1) is 6.04 Å². The van der Waals surface area contributed by atoms with Crippen LogP contribution in [0.1, 0.15) is 48.4 Å². The maximum Gasteiger partial charge on any atom is 0.321 e. The molecule has 0 bridgehead atoms. The van der Waals surface area contributed by atoms with Crippen molar-refractivity contribution < 1.29 is 9.53 Å². The van der Waals surface area contributed by atoms with E-state index < -0.39 is 0 Å². The Morgan fingerprint density at radius 2 is 1.52 bits per heavy atom. The fraction of sp³-hybridized carbons (Fsp3) is 0.519. The van der Waals surface area contributed by atoms with Crippen LogP contribution in [-0.4, -0.2) is 65.7 Å². The third kappa shape index (κ3) is 4.93. The van der Waals surface area contributed by atoms with E-state index in [1.807, 2.05) is 0 Å². The van der Waals surface area contributed by atoms with E-state index >= 15 is 0 Å². The predicted octanol–water partition coefficient (Wildman–Crippen LogP) is 3.77. The van der Waals surface area contributed by atoms with E-state index in [1.54, 1.807) is 0 Å². The molecule has 1 unspecified atom stereocenters. The smallest absolute Gasteiger partial charge is 0.321 e. The Hall–Kier alpha value is -2.41. The molecule has 33 heavy (non-hydrogen) atoms. The second-order valence-corrected chi connectivity index (χ2v) is 9.64. The number of nitrogens with two attached hydrogens (primary N) is 1. The molecule has 0 aromatic heterocycles. The summed E-state index contributed by atoms with van der Waals surface area (Å²) in [6, 6.07) is 20.2. The summed E-state index contributed by atoms with van der Waals surface area (Å²) in [6.45, 7) is 5.90. The lowest BCUT2D eigenvalue weighted by atomic mass is 9.98. The Kier molecular flexibility index (Phi) is 6.95. The zero-order valence-electron chi connectivity index (χ0n) is 19.4. The summed E-state index contributed by atoms with van der Waals surface area (Å²) in [7, 11) is 0. The first-order valence-electron chi connectivity index (χ1n) is 12.4. The van der Waals surface area contributed by atoms with Gasteiger partial charge in [-0.15, -0.1) is 0 Å². The van der Waals surface area contributed by atoms with E-state index in [2.05, 4.69) is 69.3 Å². The maximum atomic E-state index is 13.7. The first kappa shape index (κ1) is 22.4. The van der Waals surface area contributed by atoms with Gasteiger partial charge >= 0.3 is 6.03 Å². The van der Waals surface area contributed by atoms with Crippen LogP contribution in [0.2, 0.25) is 0 Å². The summed E-state index contributed by atoms with van der Waals surface area (Å²) >= 11 is 0. The summed E-state index contributed by atoms with van der Waals surface area (Å²) in [4.78, 5) is 20.6. The van der Waals surface area contributed by atoms with Crippen molar-refractivity contribution in [3.63, 3.8) is 0 Å². The molecule has 176 valence electrons. The number of piperidine rings is 1. The minimum absolute atomic E-state index is 0.141. The second kappa shape index (κ2) is 10.2. The molecule has 2 amide bonds. The molecule has 3 fully saturated rings. The molecule has 6 nitrogen and oxygen atoms in total. The van der Waals surface area contributed by atoms with Crippen molar-refractivity contribution in [2.75, 3.05) is 32.8 Å². The molecule has 0 aliphatic carbocycles. The van der Waals surface area contributed by atoms with Crippen LogP contribution in [0.4, 0.5) is 4.79 Å². The summed E-state index contributed by atoms with van der Waals surface area (Å²) in [5.41, 5.74) is 9.48. The van der Waals surface area contributed by atoms with E-state index in [1.165, 1.54) is 16.7 Å². The molecule has 2 aromatic rings. The molecule has 3 aliphatic rings. The maximum absolute atomic E-state index is 13.7. The van der Waals surface area contributed by atoms with Crippen LogP contribution >= 0.6 is 0 Å². The van der Waals surface area contributed by atoms with Crippen LogP contribution in [0.25, 0.3) is 0 Å². The number of amides is 2. The molecule has 0 saturated carbocycles. The molecule has 0 radical (unpaired) electrons. The van der Waals surface area contributed by atoms with E-state index in [4.69, 9.17) is 10.5 Å². The molecule has 3 heterocycles. The molecule has 6 heteroatoms. The van der Waals surface area contributed by atoms with E-state index in [0.29, 0.717) is 18.6 Å². The summed E-state index contributed by atoms with van der Waals surface area (Å²) in [6.07, 6.45) is 3.94. The average Bonchev–Trinajstić information content (AvgIpc) is 3.23. The monoisotopic (exact) mass is 448 g/mol. The number of carbonyl (C=O) groups excluding carboxylic acids is 1. The van der Waals surface area contributed by atoms with Crippen molar-refractivity contribution in [1.29, 1.82) is 0 Å². The van der Waals surface area contributed by atoms with E-state index in [0.717, 1.165) is 65.1 Å². The number of hydrogen-bond donors (Lipinski definition) is 1. The topological polar surface area (TPSA) is 62.0 Å². The number of ether oxygens (including phenoxy) is 1. The highest BCUT2D eigenvalue weighted by molar-refractivity contribution is 5.78. The Labute approximate surface area is 197 Å². The Bertz CT molecular complexity index is 905. The fourth-order valence-electron chi connectivity index (χ4n) is 5.68. The number of nitrogens with zero attached hydrogens (tertiary/aromatic N) is 3. The average molecular weight is 449 g/mol.